The highest BCUT2D eigenvalue weighted by Gasteiger charge is 2.28. The van der Waals surface area contributed by atoms with Crippen LogP contribution in [0.15, 0.2) is 54.6 Å². The van der Waals surface area contributed by atoms with Crippen molar-refractivity contribution in [1.29, 1.82) is 0 Å². The third-order valence-corrected chi connectivity index (χ3v) is 8.23. The van der Waals surface area contributed by atoms with Gasteiger partial charge in [0.05, 0.1) is 0 Å². The highest BCUT2D eigenvalue weighted by atomic mass is 35.5. The zero-order chi connectivity index (χ0) is 29.9. The lowest BCUT2D eigenvalue weighted by molar-refractivity contribution is 0.0535. The van der Waals surface area contributed by atoms with E-state index in [-0.39, 0.29) is 35.9 Å². The molecule has 3 aromatic rings. The maximum atomic E-state index is 14.5. The van der Waals surface area contributed by atoms with Crippen molar-refractivity contribution in [2.75, 3.05) is 70.3 Å². The van der Waals surface area contributed by atoms with E-state index < -0.39 is 17.5 Å². The van der Waals surface area contributed by atoms with Gasteiger partial charge in [0.25, 0.3) is 11.8 Å². The van der Waals surface area contributed by atoms with Crippen LogP contribution >= 0.6 is 12.4 Å². The average molecular weight is 630 g/mol. The molecule has 0 unspecified atom stereocenters. The molecule has 2 amide bonds. The lowest BCUT2D eigenvalue weighted by atomic mass is 10.0. The number of benzene rings is 3. The molecule has 234 valence electrons. The Kier molecular flexibility index (Phi) is 9.97. The minimum absolute atomic E-state index is 0. The predicted molar refractivity (Wildman–Crippen MR) is 164 cm³/mol. The molecule has 1 atom stereocenters. The summed E-state index contributed by atoms with van der Waals surface area (Å²) in [5.74, 6) is -2.42. The summed E-state index contributed by atoms with van der Waals surface area (Å²) in [4.78, 5) is 32.2. The van der Waals surface area contributed by atoms with Crippen molar-refractivity contribution in [3.05, 3.63) is 83.2 Å². The molecule has 0 radical (unpaired) electrons. The van der Waals surface area contributed by atoms with Gasteiger partial charge >= 0.3 is 0 Å². The van der Waals surface area contributed by atoms with E-state index in [1.165, 1.54) is 18.2 Å². The highest BCUT2D eigenvalue weighted by molar-refractivity contribution is 5.97. The third-order valence-electron chi connectivity index (χ3n) is 8.23. The molecule has 0 aliphatic carbocycles. The Bertz CT molecular complexity index is 1510. The maximum absolute atomic E-state index is 14.5. The Hall–Kier alpha value is -3.80. The average Bonchev–Trinajstić information content (AvgIpc) is 3.55. The molecule has 0 bridgehead atoms. The SMILES string of the molecule is Cl.O=C(c1cc(F)cc(N2CCNCC2)c1)N1CCN(C(=O)c2ccc(O[C@H]3CCNC3)c(-c3ccc(F)c(F)c3)c2)CC1. The van der Waals surface area contributed by atoms with Crippen LogP contribution in [-0.4, -0.2) is 93.2 Å². The topological polar surface area (TPSA) is 77.2 Å². The smallest absolute Gasteiger partial charge is 0.254 e. The van der Waals surface area contributed by atoms with Crippen molar-refractivity contribution in [1.82, 2.24) is 20.4 Å². The number of ether oxygens (including phenoxy) is 1. The Morgan fingerprint density at radius 2 is 1.43 bits per heavy atom. The lowest BCUT2D eigenvalue weighted by Crippen LogP contribution is -2.50. The zero-order valence-corrected chi connectivity index (χ0v) is 25.0. The van der Waals surface area contributed by atoms with Crippen LogP contribution in [0.5, 0.6) is 5.75 Å². The summed E-state index contributed by atoms with van der Waals surface area (Å²) in [5, 5.41) is 6.50. The fraction of sp³-hybridized carbons (Fsp3) is 0.375. The van der Waals surface area contributed by atoms with E-state index in [1.807, 2.05) is 0 Å². The number of anilines is 1. The van der Waals surface area contributed by atoms with Crippen molar-refractivity contribution in [3.63, 3.8) is 0 Å². The molecular formula is C32H35ClF3N5O3. The summed E-state index contributed by atoms with van der Waals surface area (Å²) in [6.07, 6.45) is 0.746. The largest absolute Gasteiger partial charge is 0.488 e. The maximum Gasteiger partial charge on any atom is 0.254 e. The number of hydrogen-bond donors (Lipinski definition) is 2. The van der Waals surface area contributed by atoms with E-state index in [9.17, 15) is 22.8 Å². The summed E-state index contributed by atoms with van der Waals surface area (Å²) in [5.41, 5.74) is 2.25. The molecule has 2 N–H and O–H groups in total. The fourth-order valence-electron chi connectivity index (χ4n) is 5.84. The molecule has 3 aliphatic heterocycles. The van der Waals surface area contributed by atoms with Crippen LogP contribution in [0.4, 0.5) is 18.9 Å². The van der Waals surface area contributed by atoms with E-state index >= 15 is 0 Å². The molecule has 3 aromatic carbocycles. The van der Waals surface area contributed by atoms with E-state index in [0.717, 1.165) is 51.3 Å². The fourth-order valence-corrected chi connectivity index (χ4v) is 5.84. The van der Waals surface area contributed by atoms with Gasteiger partial charge in [-0.15, -0.1) is 12.4 Å². The number of halogens is 4. The van der Waals surface area contributed by atoms with Crippen LogP contribution < -0.4 is 20.3 Å². The minimum Gasteiger partial charge on any atom is -0.488 e. The van der Waals surface area contributed by atoms with Crippen LogP contribution in [-0.2, 0) is 0 Å². The van der Waals surface area contributed by atoms with E-state index in [2.05, 4.69) is 15.5 Å². The number of carbonyl (C=O) groups is 2. The van der Waals surface area contributed by atoms with Gasteiger partial charge in [-0.1, -0.05) is 6.07 Å². The van der Waals surface area contributed by atoms with Gasteiger partial charge < -0.3 is 30.1 Å². The van der Waals surface area contributed by atoms with E-state index in [0.29, 0.717) is 60.9 Å². The minimum atomic E-state index is -0.984. The van der Waals surface area contributed by atoms with E-state index in [1.54, 1.807) is 34.1 Å². The third kappa shape index (κ3) is 6.95. The predicted octanol–water partition coefficient (Wildman–Crippen LogP) is 3.94. The number of hydrogen-bond acceptors (Lipinski definition) is 6. The highest BCUT2D eigenvalue weighted by Crippen LogP contribution is 2.34. The van der Waals surface area contributed by atoms with Crippen LogP contribution in [0.3, 0.4) is 0 Å². The number of nitrogens with one attached hydrogen (secondary N) is 2. The Morgan fingerprint density at radius 3 is 2.09 bits per heavy atom. The number of nitrogens with zero attached hydrogens (tertiary/aromatic N) is 3. The molecule has 3 aliphatic rings. The summed E-state index contributed by atoms with van der Waals surface area (Å²) < 4.78 is 48.5. The monoisotopic (exact) mass is 629 g/mol. The van der Waals surface area contributed by atoms with Gasteiger partial charge in [0.15, 0.2) is 11.6 Å². The second kappa shape index (κ2) is 13.9. The van der Waals surface area contributed by atoms with Gasteiger partial charge in [-0.2, -0.15) is 0 Å². The van der Waals surface area contributed by atoms with E-state index in [4.69, 9.17) is 4.74 Å². The molecule has 6 rings (SSSR count). The first-order chi connectivity index (χ1) is 20.9. The summed E-state index contributed by atoms with van der Waals surface area (Å²) >= 11 is 0. The summed E-state index contributed by atoms with van der Waals surface area (Å²) in [6, 6.07) is 13.1. The number of rotatable bonds is 6. The summed E-state index contributed by atoms with van der Waals surface area (Å²) in [7, 11) is 0. The first-order valence-corrected chi connectivity index (χ1v) is 14.7. The van der Waals surface area contributed by atoms with Crippen molar-refractivity contribution in [3.8, 4) is 16.9 Å². The first kappa shape index (κ1) is 31.6. The Balaban J connectivity index is 0.00000384. The van der Waals surface area contributed by atoms with Gasteiger partial charge in [0, 0.05) is 81.3 Å². The van der Waals surface area contributed by atoms with Gasteiger partial charge in [0.1, 0.15) is 17.7 Å². The first-order valence-electron chi connectivity index (χ1n) is 14.7. The van der Waals surface area contributed by atoms with Gasteiger partial charge in [0.2, 0.25) is 0 Å². The normalized spacial score (nSPS) is 18.6. The molecule has 44 heavy (non-hydrogen) atoms. The van der Waals surface area contributed by atoms with Crippen LogP contribution in [0, 0.1) is 17.5 Å². The molecule has 8 nitrogen and oxygen atoms in total. The van der Waals surface area contributed by atoms with Crippen LogP contribution in [0.25, 0.3) is 11.1 Å². The molecule has 3 saturated heterocycles. The van der Waals surface area contributed by atoms with Gasteiger partial charge in [-0.3, -0.25) is 9.59 Å². The molecular weight excluding hydrogens is 595 g/mol. The molecule has 0 saturated carbocycles. The van der Waals surface area contributed by atoms with Crippen molar-refractivity contribution >= 4 is 29.9 Å². The lowest BCUT2D eigenvalue weighted by Gasteiger charge is -2.35. The Labute approximate surface area is 260 Å². The Morgan fingerprint density at radius 1 is 0.727 bits per heavy atom. The van der Waals surface area contributed by atoms with Gasteiger partial charge in [-0.05, 0) is 67.1 Å². The van der Waals surface area contributed by atoms with Crippen molar-refractivity contribution < 1.29 is 27.5 Å². The zero-order valence-electron chi connectivity index (χ0n) is 24.2. The molecule has 0 aromatic heterocycles. The standard InChI is InChI=1S/C32H34F3N5O3.ClH/c33-24-15-23(16-25(19-24)38-9-7-36-8-10-38)32(42)40-13-11-39(12-14-40)31(41)22-2-4-30(43-26-5-6-37-20-26)27(17-22)21-1-3-28(34)29(35)18-21;/h1-4,15-19,26,36-37H,5-14,20H2;1H/t26-;/m0./s1. The number of piperazine rings is 2. The second-order valence-electron chi connectivity index (χ2n) is 11.1. The summed E-state index contributed by atoms with van der Waals surface area (Å²) in [6.45, 7) is 5.78. The molecule has 3 fully saturated rings. The van der Waals surface area contributed by atoms with Crippen molar-refractivity contribution in [2.45, 2.75) is 12.5 Å². The number of carbonyl (C=O) groups excluding carboxylic acids is 2. The van der Waals surface area contributed by atoms with Crippen molar-refractivity contribution in [2.24, 2.45) is 0 Å². The molecule has 3 heterocycles. The molecule has 12 heteroatoms. The quantitative estimate of drug-likeness (QED) is 0.430. The van der Waals surface area contributed by atoms with Crippen LogP contribution in [0.2, 0.25) is 0 Å². The van der Waals surface area contributed by atoms with Gasteiger partial charge in [-0.25, -0.2) is 13.2 Å². The second-order valence-corrected chi connectivity index (χ2v) is 11.1. The van der Waals surface area contributed by atoms with Crippen LogP contribution in [0.1, 0.15) is 27.1 Å². The molecule has 0 spiro atoms. The number of amides is 2.